The van der Waals surface area contributed by atoms with Gasteiger partial charge >= 0.3 is 0 Å². The molecule has 0 aromatic heterocycles. The molecule has 3 heteroatoms. The van der Waals surface area contributed by atoms with Gasteiger partial charge in [0.25, 0.3) is 0 Å². The van der Waals surface area contributed by atoms with Crippen LogP contribution in [0.15, 0.2) is 111 Å². The third kappa shape index (κ3) is 3.65. The Morgan fingerprint density at radius 1 is 0.654 bits per heavy atom. The molecule has 0 spiro atoms. The predicted molar refractivity (Wildman–Crippen MR) is 112 cm³/mol. The number of benzene rings is 3. The van der Waals surface area contributed by atoms with Crippen molar-refractivity contribution in [2.75, 3.05) is 0 Å². The fraction of sp³-hybridized carbons (Fsp3) is 0. The Balaban J connectivity index is 1.89. The average Bonchev–Trinajstić information content (AvgIpc) is 2.93. The summed E-state index contributed by atoms with van der Waals surface area (Å²) in [7, 11) is 0. The molecule has 0 N–H and O–H groups in total. The first-order valence-corrected chi connectivity index (χ1v) is 9.10. The summed E-state index contributed by atoms with van der Waals surface area (Å²) in [6, 6.07) is 28.2. The van der Waals surface area contributed by atoms with Crippen LogP contribution in [0.25, 0.3) is 5.70 Å². The minimum absolute atomic E-state index is 0.672. The van der Waals surface area contributed by atoms with E-state index in [2.05, 4.69) is 21.7 Å². The molecular formula is C23H15BrN2. The predicted octanol–water partition coefficient (Wildman–Crippen LogP) is 5.89. The van der Waals surface area contributed by atoms with Gasteiger partial charge in [0.05, 0.1) is 5.71 Å². The third-order valence-corrected chi connectivity index (χ3v) is 4.48. The summed E-state index contributed by atoms with van der Waals surface area (Å²) in [6.07, 6.45) is 1.91. The van der Waals surface area contributed by atoms with E-state index in [4.69, 9.17) is 9.98 Å². The molecule has 0 saturated carbocycles. The molecule has 0 radical (unpaired) electrons. The summed E-state index contributed by atoms with van der Waals surface area (Å²) >= 11 is 3.53. The molecule has 0 fully saturated rings. The SMILES string of the molecule is Brc1cccc(C2=NC(c3ccccc3)=C=CC(c3ccccc3)=N2)c1. The van der Waals surface area contributed by atoms with Crippen LogP contribution in [-0.4, -0.2) is 11.5 Å². The topological polar surface area (TPSA) is 24.7 Å². The van der Waals surface area contributed by atoms with Gasteiger partial charge < -0.3 is 0 Å². The molecule has 0 saturated heterocycles. The zero-order valence-electron chi connectivity index (χ0n) is 13.9. The fourth-order valence-corrected chi connectivity index (χ4v) is 3.10. The number of aliphatic imine (C=N–C) groups is 2. The summed E-state index contributed by atoms with van der Waals surface area (Å²) < 4.78 is 0.997. The number of rotatable bonds is 3. The number of hydrogen-bond acceptors (Lipinski definition) is 2. The molecule has 1 heterocycles. The Morgan fingerprint density at radius 3 is 2.00 bits per heavy atom. The van der Waals surface area contributed by atoms with Gasteiger partial charge in [-0.2, -0.15) is 0 Å². The lowest BCUT2D eigenvalue weighted by atomic mass is 10.1. The normalized spacial score (nSPS) is 13.5. The maximum atomic E-state index is 4.84. The van der Waals surface area contributed by atoms with Crippen molar-refractivity contribution in [1.29, 1.82) is 0 Å². The molecule has 26 heavy (non-hydrogen) atoms. The van der Waals surface area contributed by atoms with E-state index in [9.17, 15) is 0 Å². The molecular weight excluding hydrogens is 384 g/mol. The number of allylic oxidation sites excluding steroid dienone is 1. The molecule has 124 valence electrons. The lowest BCUT2D eigenvalue weighted by Crippen LogP contribution is -2.03. The lowest BCUT2D eigenvalue weighted by molar-refractivity contribution is 1.45. The smallest absolute Gasteiger partial charge is 0.161 e. The van der Waals surface area contributed by atoms with Crippen molar-refractivity contribution >= 4 is 33.2 Å². The van der Waals surface area contributed by atoms with Crippen LogP contribution in [0, 0.1) is 0 Å². The first kappa shape index (κ1) is 16.5. The quantitative estimate of drug-likeness (QED) is 0.491. The Bertz CT molecular complexity index is 1060. The number of nitrogens with zero attached hydrogens (tertiary/aromatic N) is 2. The van der Waals surface area contributed by atoms with Gasteiger partial charge in [0, 0.05) is 27.2 Å². The number of amidine groups is 1. The third-order valence-electron chi connectivity index (χ3n) is 3.99. The van der Waals surface area contributed by atoms with Gasteiger partial charge in [-0.1, -0.05) is 94.5 Å². The average molecular weight is 399 g/mol. The second-order valence-electron chi connectivity index (χ2n) is 5.81. The highest BCUT2D eigenvalue weighted by molar-refractivity contribution is 9.10. The summed E-state index contributed by atoms with van der Waals surface area (Å²) in [6.45, 7) is 0. The maximum Gasteiger partial charge on any atom is 0.161 e. The molecule has 0 unspecified atom stereocenters. The molecule has 0 amide bonds. The van der Waals surface area contributed by atoms with Crippen molar-refractivity contribution in [3.8, 4) is 0 Å². The van der Waals surface area contributed by atoms with Crippen molar-refractivity contribution in [2.45, 2.75) is 0 Å². The van der Waals surface area contributed by atoms with E-state index >= 15 is 0 Å². The maximum absolute atomic E-state index is 4.84. The highest BCUT2D eigenvalue weighted by atomic mass is 79.9. The van der Waals surface area contributed by atoms with Gasteiger partial charge in [-0.05, 0) is 12.1 Å². The van der Waals surface area contributed by atoms with Crippen LogP contribution < -0.4 is 0 Å². The molecule has 3 aromatic carbocycles. The summed E-state index contributed by atoms with van der Waals surface area (Å²) in [4.78, 5) is 9.66. The van der Waals surface area contributed by atoms with E-state index in [0.29, 0.717) is 5.84 Å². The summed E-state index contributed by atoms with van der Waals surface area (Å²) in [5, 5.41) is 0. The Hall–Kier alpha value is -3.00. The standard InChI is InChI=1S/C23H15BrN2/c24-20-13-7-12-19(16-20)23-25-21(17-8-3-1-4-9-17)14-15-22(26-23)18-10-5-2-6-11-18/h1-14,16H. The van der Waals surface area contributed by atoms with Gasteiger partial charge in [-0.25, -0.2) is 9.98 Å². The Morgan fingerprint density at radius 2 is 1.31 bits per heavy atom. The van der Waals surface area contributed by atoms with Crippen LogP contribution in [0.4, 0.5) is 0 Å². The van der Waals surface area contributed by atoms with Gasteiger partial charge in [0.15, 0.2) is 5.84 Å². The zero-order valence-corrected chi connectivity index (χ0v) is 15.5. The molecule has 2 nitrogen and oxygen atoms in total. The van der Waals surface area contributed by atoms with E-state index in [1.54, 1.807) is 0 Å². The monoisotopic (exact) mass is 398 g/mol. The van der Waals surface area contributed by atoms with Crippen molar-refractivity contribution in [1.82, 2.24) is 0 Å². The largest absolute Gasteiger partial charge is 0.227 e. The minimum Gasteiger partial charge on any atom is -0.227 e. The van der Waals surface area contributed by atoms with Gasteiger partial charge in [-0.3, -0.25) is 0 Å². The van der Waals surface area contributed by atoms with E-state index < -0.39 is 0 Å². The first-order valence-electron chi connectivity index (χ1n) is 8.30. The van der Waals surface area contributed by atoms with Crippen molar-refractivity contribution in [2.24, 2.45) is 9.98 Å². The molecule has 0 atom stereocenters. The minimum atomic E-state index is 0.672. The van der Waals surface area contributed by atoms with Crippen molar-refractivity contribution in [3.05, 3.63) is 118 Å². The van der Waals surface area contributed by atoms with E-state index in [-0.39, 0.29) is 0 Å². The highest BCUT2D eigenvalue weighted by Crippen LogP contribution is 2.21. The fourth-order valence-electron chi connectivity index (χ4n) is 2.70. The summed E-state index contributed by atoms with van der Waals surface area (Å²) in [5.41, 5.74) is 7.95. The van der Waals surface area contributed by atoms with Gasteiger partial charge in [0.1, 0.15) is 5.70 Å². The van der Waals surface area contributed by atoms with Crippen LogP contribution in [0.3, 0.4) is 0 Å². The van der Waals surface area contributed by atoms with Crippen LogP contribution in [0.1, 0.15) is 16.7 Å². The zero-order chi connectivity index (χ0) is 17.8. The van der Waals surface area contributed by atoms with Crippen LogP contribution in [0.2, 0.25) is 0 Å². The highest BCUT2D eigenvalue weighted by Gasteiger charge is 2.11. The van der Waals surface area contributed by atoms with Crippen LogP contribution >= 0.6 is 15.9 Å². The lowest BCUT2D eigenvalue weighted by Gasteiger charge is -2.05. The molecule has 0 aliphatic carbocycles. The molecule has 3 aromatic rings. The Kier molecular flexibility index (Phi) is 4.74. The van der Waals surface area contributed by atoms with Crippen molar-refractivity contribution in [3.63, 3.8) is 0 Å². The molecule has 1 aliphatic heterocycles. The van der Waals surface area contributed by atoms with Crippen molar-refractivity contribution < 1.29 is 0 Å². The van der Waals surface area contributed by atoms with E-state index in [0.717, 1.165) is 32.6 Å². The molecule has 0 bridgehead atoms. The summed E-state index contributed by atoms with van der Waals surface area (Å²) in [5.74, 6) is 0.672. The first-order chi connectivity index (χ1) is 12.8. The van der Waals surface area contributed by atoms with Gasteiger partial charge in [-0.15, -0.1) is 0 Å². The van der Waals surface area contributed by atoms with Gasteiger partial charge in [0.2, 0.25) is 0 Å². The number of halogens is 1. The Labute approximate surface area is 161 Å². The second-order valence-corrected chi connectivity index (χ2v) is 6.73. The van der Waals surface area contributed by atoms with E-state index in [1.165, 1.54) is 0 Å². The van der Waals surface area contributed by atoms with Crippen LogP contribution in [0.5, 0.6) is 0 Å². The molecule has 1 aliphatic rings. The molecule has 4 rings (SSSR count). The number of hydrogen-bond donors (Lipinski definition) is 0. The second kappa shape index (κ2) is 7.49. The van der Waals surface area contributed by atoms with Crippen LogP contribution in [-0.2, 0) is 0 Å². The van der Waals surface area contributed by atoms with E-state index in [1.807, 2.05) is 91.0 Å².